The molecule has 1 aromatic heterocycles. The van der Waals surface area contributed by atoms with E-state index in [1.807, 2.05) is 4.90 Å². The minimum Gasteiger partial charge on any atom is -0.354 e. The third-order valence-electron chi connectivity index (χ3n) is 4.48. The lowest BCUT2D eigenvalue weighted by atomic mass is 9.99. The maximum Gasteiger partial charge on any atom is 0.255 e. The Labute approximate surface area is 141 Å². The summed E-state index contributed by atoms with van der Waals surface area (Å²) in [6.07, 6.45) is 7.57. The van der Waals surface area contributed by atoms with Crippen molar-refractivity contribution in [3.8, 4) is 0 Å². The van der Waals surface area contributed by atoms with Gasteiger partial charge in [0.15, 0.2) is 0 Å². The summed E-state index contributed by atoms with van der Waals surface area (Å²) < 4.78 is 13.0. The molecule has 0 bridgehead atoms. The average Bonchev–Trinajstić information content (AvgIpc) is 2.63. The fourth-order valence-corrected chi connectivity index (χ4v) is 3.18. The first kappa shape index (κ1) is 16.4. The molecule has 0 aliphatic carbocycles. The minimum absolute atomic E-state index is 0.0387. The van der Waals surface area contributed by atoms with Crippen LogP contribution in [0.15, 0.2) is 42.7 Å². The first-order chi connectivity index (χ1) is 11.7. The van der Waals surface area contributed by atoms with Crippen molar-refractivity contribution < 1.29 is 9.18 Å². The number of likely N-dealkylation sites (tertiary alicyclic amines) is 1. The predicted octanol–water partition coefficient (Wildman–Crippen LogP) is 4.37. The Balaban J connectivity index is 1.76. The van der Waals surface area contributed by atoms with Crippen LogP contribution in [0.5, 0.6) is 0 Å². The van der Waals surface area contributed by atoms with E-state index in [9.17, 15) is 9.18 Å². The van der Waals surface area contributed by atoms with Crippen LogP contribution in [0.2, 0.25) is 0 Å². The van der Waals surface area contributed by atoms with Crippen LogP contribution in [0.3, 0.4) is 0 Å². The highest BCUT2D eigenvalue weighted by molar-refractivity contribution is 5.95. The molecule has 1 atom stereocenters. The lowest BCUT2D eigenvalue weighted by molar-refractivity contribution is 0.0607. The number of aromatic nitrogens is 1. The first-order valence-electron chi connectivity index (χ1n) is 8.46. The van der Waals surface area contributed by atoms with Crippen LogP contribution >= 0.6 is 0 Å². The van der Waals surface area contributed by atoms with Crippen LogP contribution in [0.4, 0.5) is 15.8 Å². The highest BCUT2D eigenvalue weighted by Gasteiger charge is 2.26. The molecular formula is C19H22FN3O. The molecule has 1 unspecified atom stereocenters. The number of carbonyl (C=O) groups is 1. The number of nitrogens with zero attached hydrogens (tertiary/aromatic N) is 2. The second-order valence-corrected chi connectivity index (χ2v) is 6.15. The van der Waals surface area contributed by atoms with Gasteiger partial charge in [0, 0.05) is 24.5 Å². The molecule has 1 N–H and O–H groups in total. The first-order valence-corrected chi connectivity index (χ1v) is 8.46. The summed E-state index contributed by atoms with van der Waals surface area (Å²) in [7, 11) is 0. The van der Waals surface area contributed by atoms with Crippen molar-refractivity contribution in [1.82, 2.24) is 9.88 Å². The topological polar surface area (TPSA) is 45.2 Å². The van der Waals surface area contributed by atoms with Crippen molar-refractivity contribution in [2.24, 2.45) is 0 Å². The van der Waals surface area contributed by atoms with Crippen molar-refractivity contribution in [2.75, 3.05) is 11.9 Å². The third-order valence-corrected chi connectivity index (χ3v) is 4.48. The fraction of sp³-hybridized carbons (Fsp3) is 0.368. The van der Waals surface area contributed by atoms with Crippen LogP contribution in [0.1, 0.15) is 43.0 Å². The monoisotopic (exact) mass is 327 g/mol. The van der Waals surface area contributed by atoms with Crippen LogP contribution in [0, 0.1) is 5.82 Å². The Hall–Kier alpha value is -2.43. The van der Waals surface area contributed by atoms with E-state index < -0.39 is 0 Å². The number of hydrogen-bond acceptors (Lipinski definition) is 3. The molecule has 24 heavy (non-hydrogen) atoms. The van der Waals surface area contributed by atoms with Crippen molar-refractivity contribution in [1.29, 1.82) is 0 Å². The van der Waals surface area contributed by atoms with Gasteiger partial charge in [0.25, 0.3) is 5.91 Å². The number of hydrogen-bond donors (Lipinski definition) is 1. The van der Waals surface area contributed by atoms with E-state index in [1.54, 1.807) is 30.6 Å². The Morgan fingerprint density at radius 3 is 2.79 bits per heavy atom. The zero-order valence-corrected chi connectivity index (χ0v) is 13.8. The van der Waals surface area contributed by atoms with E-state index in [-0.39, 0.29) is 11.7 Å². The lowest BCUT2D eigenvalue weighted by Crippen LogP contribution is -2.43. The largest absolute Gasteiger partial charge is 0.354 e. The number of piperidine rings is 1. The smallest absolute Gasteiger partial charge is 0.255 e. The average molecular weight is 327 g/mol. The van der Waals surface area contributed by atoms with Crippen molar-refractivity contribution >= 4 is 17.3 Å². The van der Waals surface area contributed by atoms with Crippen molar-refractivity contribution in [3.05, 3.63) is 54.1 Å². The summed E-state index contributed by atoms with van der Waals surface area (Å²) in [6.45, 7) is 2.94. The van der Waals surface area contributed by atoms with Gasteiger partial charge in [-0.1, -0.05) is 6.92 Å². The van der Waals surface area contributed by atoms with E-state index in [0.717, 1.165) is 37.2 Å². The van der Waals surface area contributed by atoms with E-state index >= 15 is 0 Å². The molecule has 3 rings (SSSR count). The number of benzene rings is 1. The van der Waals surface area contributed by atoms with Gasteiger partial charge in [0.05, 0.1) is 17.4 Å². The normalized spacial score (nSPS) is 17.6. The predicted molar refractivity (Wildman–Crippen MR) is 92.9 cm³/mol. The Morgan fingerprint density at radius 1 is 1.25 bits per heavy atom. The SMILES string of the molecule is CCC1CCCCN1C(=O)c1cncc(Nc2ccc(F)cc2)c1. The van der Waals surface area contributed by atoms with Gasteiger partial charge in [0.1, 0.15) is 5.82 Å². The Bertz CT molecular complexity index is 702. The second-order valence-electron chi connectivity index (χ2n) is 6.15. The lowest BCUT2D eigenvalue weighted by Gasteiger charge is -2.35. The van der Waals surface area contributed by atoms with E-state index in [2.05, 4.69) is 17.2 Å². The molecule has 126 valence electrons. The van der Waals surface area contributed by atoms with Gasteiger partial charge >= 0.3 is 0 Å². The van der Waals surface area contributed by atoms with Crippen LogP contribution in [-0.4, -0.2) is 28.4 Å². The van der Waals surface area contributed by atoms with Gasteiger partial charge in [-0.25, -0.2) is 4.39 Å². The van der Waals surface area contributed by atoms with Crippen molar-refractivity contribution in [3.63, 3.8) is 0 Å². The molecule has 1 fully saturated rings. The van der Waals surface area contributed by atoms with Crippen molar-refractivity contribution in [2.45, 2.75) is 38.6 Å². The minimum atomic E-state index is -0.279. The molecule has 5 heteroatoms. The van der Waals surface area contributed by atoms with Crippen LogP contribution < -0.4 is 5.32 Å². The highest BCUT2D eigenvalue weighted by Crippen LogP contribution is 2.23. The molecule has 1 amide bonds. The number of nitrogens with one attached hydrogen (secondary N) is 1. The number of amides is 1. The van der Waals surface area contributed by atoms with Gasteiger partial charge in [0.2, 0.25) is 0 Å². The highest BCUT2D eigenvalue weighted by atomic mass is 19.1. The zero-order chi connectivity index (χ0) is 16.9. The Kier molecular flexibility index (Phi) is 5.08. The summed E-state index contributed by atoms with van der Waals surface area (Å²) in [6, 6.07) is 8.22. The standard InChI is InChI=1S/C19H22FN3O/c1-2-18-5-3-4-10-23(18)19(24)14-11-17(13-21-12-14)22-16-8-6-15(20)7-9-16/h6-9,11-13,18,22H,2-5,10H2,1H3. The van der Waals surface area contributed by atoms with Gasteiger partial charge in [-0.3, -0.25) is 9.78 Å². The summed E-state index contributed by atoms with van der Waals surface area (Å²) in [5, 5.41) is 3.15. The number of pyridine rings is 1. The summed E-state index contributed by atoms with van der Waals surface area (Å²) in [5.41, 5.74) is 2.06. The van der Waals surface area contributed by atoms with Crippen LogP contribution in [-0.2, 0) is 0 Å². The van der Waals surface area contributed by atoms with Gasteiger partial charge in [-0.05, 0) is 56.0 Å². The van der Waals surface area contributed by atoms with E-state index in [4.69, 9.17) is 0 Å². The van der Waals surface area contributed by atoms with Gasteiger partial charge < -0.3 is 10.2 Å². The maximum absolute atomic E-state index is 13.0. The molecule has 2 aromatic rings. The van der Waals surface area contributed by atoms with E-state index in [1.165, 1.54) is 18.6 Å². The molecule has 1 aliphatic heterocycles. The zero-order valence-electron chi connectivity index (χ0n) is 13.8. The molecule has 1 aromatic carbocycles. The number of anilines is 2. The third kappa shape index (κ3) is 3.72. The molecule has 0 saturated carbocycles. The summed E-state index contributed by atoms with van der Waals surface area (Å²) in [4.78, 5) is 19.0. The van der Waals surface area contributed by atoms with Gasteiger partial charge in [-0.15, -0.1) is 0 Å². The number of carbonyl (C=O) groups excluding carboxylic acids is 1. The maximum atomic E-state index is 13.0. The molecule has 0 radical (unpaired) electrons. The quantitative estimate of drug-likeness (QED) is 0.907. The number of halogens is 1. The fourth-order valence-electron chi connectivity index (χ4n) is 3.18. The second kappa shape index (κ2) is 7.43. The number of rotatable bonds is 4. The summed E-state index contributed by atoms with van der Waals surface area (Å²) >= 11 is 0. The van der Waals surface area contributed by atoms with E-state index in [0.29, 0.717) is 11.6 Å². The molecular weight excluding hydrogens is 305 g/mol. The summed E-state index contributed by atoms with van der Waals surface area (Å²) in [5.74, 6) is -0.241. The van der Waals surface area contributed by atoms with Gasteiger partial charge in [-0.2, -0.15) is 0 Å². The molecule has 2 heterocycles. The Morgan fingerprint density at radius 2 is 2.04 bits per heavy atom. The molecule has 1 aliphatic rings. The molecule has 4 nitrogen and oxygen atoms in total. The van der Waals surface area contributed by atoms with Crippen LogP contribution in [0.25, 0.3) is 0 Å². The molecule has 1 saturated heterocycles. The molecule has 0 spiro atoms.